The van der Waals surface area contributed by atoms with Gasteiger partial charge in [0.05, 0.1) is 38.5 Å². The van der Waals surface area contributed by atoms with Crippen LogP contribution in [0.4, 0.5) is 9.52 Å². The minimum Gasteiger partial charge on any atom is -0.492 e. The van der Waals surface area contributed by atoms with Crippen molar-refractivity contribution >= 4 is 32.6 Å². The number of thiazole rings is 1. The van der Waals surface area contributed by atoms with Gasteiger partial charge in [-0.1, -0.05) is 23.5 Å². The Morgan fingerprint density at radius 1 is 1.26 bits per heavy atom. The molecule has 0 aliphatic heterocycles. The van der Waals surface area contributed by atoms with Crippen molar-refractivity contribution in [1.29, 1.82) is 0 Å². The second-order valence-electron chi connectivity index (χ2n) is 6.46. The number of benzene rings is 2. The minimum atomic E-state index is -0.429. The summed E-state index contributed by atoms with van der Waals surface area (Å²) >= 11 is 1.44. The Morgan fingerprint density at radius 3 is 2.74 bits per heavy atom. The fraction of sp³-hybridized carbons (Fsp3) is 0.300. The number of rotatable bonds is 7. The van der Waals surface area contributed by atoms with E-state index >= 15 is 0 Å². The maximum absolute atomic E-state index is 13.6. The number of ether oxygens (including phenoxy) is 1. The number of halogens is 1. The molecule has 5 nitrogen and oxygen atoms in total. The van der Waals surface area contributed by atoms with Crippen molar-refractivity contribution in [2.24, 2.45) is 0 Å². The Morgan fingerprint density at radius 2 is 2.04 bits per heavy atom. The molecule has 0 atom stereocenters. The van der Waals surface area contributed by atoms with Crippen LogP contribution in [0, 0.1) is 5.82 Å². The topological polar surface area (TPSA) is 46.9 Å². The van der Waals surface area contributed by atoms with E-state index in [1.54, 1.807) is 17.0 Å². The highest BCUT2D eigenvalue weighted by Gasteiger charge is 2.23. The van der Waals surface area contributed by atoms with E-state index in [4.69, 9.17) is 4.74 Å². The quantitative estimate of drug-likeness (QED) is 0.677. The zero-order valence-electron chi connectivity index (χ0n) is 15.7. The van der Waals surface area contributed by atoms with Crippen LogP contribution in [0.2, 0.25) is 0 Å². The molecule has 1 heterocycles. The molecular formula is C20H23FN3O2S+. The van der Waals surface area contributed by atoms with Gasteiger partial charge in [0.1, 0.15) is 17.1 Å². The number of amides is 1. The van der Waals surface area contributed by atoms with E-state index in [1.807, 2.05) is 39.2 Å². The molecule has 2 aromatic carbocycles. The second kappa shape index (κ2) is 8.45. The van der Waals surface area contributed by atoms with Crippen molar-refractivity contribution in [2.75, 3.05) is 38.7 Å². The molecule has 27 heavy (non-hydrogen) atoms. The third kappa shape index (κ3) is 4.43. The third-order valence-electron chi connectivity index (χ3n) is 4.05. The predicted molar refractivity (Wildman–Crippen MR) is 107 cm³/mol. The van der Waals surface area contributed by atoms with Gasteiger partial charge >= 0.3 is 0 Å². The number of para-hydroxylation sites is 1. The number of likely N-dealkylation sites (N-methyl/N-ethyl adjacent to an activating group) is 1. The number of carbonyl (C=O) groups is 1. The molecular weight excluding hydrogens is 365 g/mol. The summed E-state index contributed by atoms with van der Waals surface area (Å²) in [6.07, 6.45) is 0. The Balaban J connectivity index is 2.01. The number of fused-ring (bicyclic) bond motifs is 1. The number of aromatic nitrogens is 1. The Hall–Kier alpha value is -2.51. The molecule has 7 heteroatoms. The standard InChI is InChI=1S/C20H22FN3O2S/c1-4-26-16-9-6-10-17-18(16)22-20(27-17)24(12-11-23(2)3)19(25)14-7-5-8-15(21)13-14/h5-10,13H,4,11-12H2,1-3H3/p+1. The van der Waals surface area contributed by atoms with E-state index in [9.17, 15) is 9.18 Å². The highest BCUT2D eigenvalue weighted by molar-refractivity contribution is 7.22. The van der Waals surface area contributed by atoms with Gasteiger partial charge < -0.3 is 9.64 Å². The maximum atomic E-state index is 13.6. The van der Waals surface area contributed by atoms with E-state index in [1.165, 1.54) is 28.4 Å². The molecule has 1 aromatic heterocycles. The summed E-state index contributed by atoms with van der Waals surface area (Å²) in [5, 5.41) is 0.590. The molecule has 0 radical (unpaired) electrons. The fourth-order valence-electron chi connectivity index (χ4n) is 2.70. The molecule has 0 unspecified atom stereocenters. The van der Waals surface area contributed by atoms with Crippen LogP contribution in [-0.2, 0) is 0 Å². The van der Waals surface area contributed by atoms with Crippen molar-refractivity contribution in [2.45, 2.75) is 6.92 Å². The Kier molecular flexibility index (Phi) is 6.03. The number of quaternary nitrogens is 1. The normalized spacial score (nSPS) is 11.1. The molecule has 0 spiro atoms. The number of nitrogens with one attached hydrogen (secondary N) is 1. The summed E-state index contributed by atoms with van der Waals surface area (Å²) in [6, 6.07) is 11.5. The SMILES string of the molecule is CCOc1cccc2sc(N(CC[NH+](C)C)C(=O)c3cccc(F)c3)nc12. The van der Waals surface area contributed by atoms with Crippen LogP contribution in [0.15, 0.2) is 42.5 Å². The van der Waals surface area contributed by atoms with Crippen molar-refractivity contribution in [3.05, 3.63) is 53.8 Å². The molecule has 3 rings (SSSR count). The number of hydrogen-bond acceptors (Lipinski definition) is 4. The summed E-state index contributed by atoms with van der Waals surface area (Å²) in [4.78, 5) is 20.6. The molecule has 0 bridgehead atoms. The lowest BCUT2D eigenvalue weighted by Crippen LogP contribution is -3.06. The first-order valence-corrected chi connectivity index (χ1v) is 9.70. The zero-order valence-corrected chi connectivity index (χ0v) is 16.5. The van der Waals surface area contributed by atoms with Crippen LogP contribution in [-0.4, -0.2) is 44.7 Å². The van der Waals surface area contributed by atoms with Crippen molar-refractivity contribution in [1.82, 2.24) is 4.98 Å². The molecule has 142 valence electrons. The van der Waals surface area contributed by atoms with E-state index in [2.05, 4.69) is 4.98 Å². The summed E-state index contributed by atoms with van der Waals surface area (Å²) < 4.78 is 20.2. The van der Waals surface area contributed by atoms with E-state index in [-0.39, 0.29) is 5.91 Å². The lowest BCUT2D eigenvalue weighted by molar-refractivity contribution is -0.856. The predicted octanol–water partition coefficient (Wildman–Crippen LogP) is 2.63. The van der Waals surface area contributed by atoms with E-state index in [0.29, 0.717) is 29.6 Å². The molecule has 1 amide bonds. The summed E-state index contributed by atoms with van der Waals surface area (Å²) in [5.41, 5.74) is 1.06. The first kappa shape index (κ1) is 19.3. The highest BCUT2D eigenvalue weighted by Crippen LogP contribution is 2.34. The van der Waals surface area contributed by atoms with Gasteiger partial charge in [0.15, 0.2) is 5.13 Å². The third-order valence-corrected chi connectivity index (χ3v) is 5.10. The van der Waals surface area contributed by atoms with Gasteiger partial charge in [0.2, 0.25) is 0 Å². The van der Waals surface area contributed by atoms with Crippen molar-refractivity contribution in [3.63, 3.8) is 0 Å². The lowest BCUT2D eigenvalue weighted by Gasteiger charge is -2.20. The van der Waals surface area contributed by atoms with Gasteiger partial charge in [-0.2, -0.15) is 0 Å². The van der Waals surface area contributed by atoms with Gasteiger partial charge in [0, 0.05) is 5.56 Å². The molecule has 0 fully saturated rings. The molecule has 0 aliphatic rings. The van der Waals surface area contributed by atoms with Gasteiger partial charge in [-0.05, 0) is 37.3 Å². The highest BCUT2D eigenvalue weighted by atomic mass is 32.1. The first-order chi connectivity index (χ1) is 13.0. The fourth-order valence-corrected chi connectivity index (χ4v) is 3.70. The monoisotopic (exact) mass is 388 g/mol. The average Bonchev–Trinajstić information content (AvgIpc) is 3.06. The van der Waals surface area contributed by atoms with Crippen molar-refractivity contribution < 1.29 is 18.8 Å². The lowest BCUT2D eigenvalue weighted by atomic mass is 10.2. The maximum Gasteiger partial charge on any atom is 0.260 e. The Labute approximate surface area is 162 Å². The van der Waals surface area contributed by atoms with E-state index < -0.39 is 5.82 Å². The number of nitrogens with zero attached hydrogens (tertiary/aromatic N) is 2. The van der Waals surface area contributed by atoms with Crippen LogP contribution in [0.5, 0.6) is 5.75 Å². The largest absolute Gasteiger partial charge is 0.492 e. The molecule has 3 aromatic rings. The minimum absolute atomic E-state index is 0.257. The number of carbonyl (C=O) groups excluding carboxylic acids is 1. The first-order valence-electron chi connectivity index (χ1n) is 8.88. The van der Waals surface area contributed by atoms with Crippen LogP contribution >= 0.6 is 11.3 Å². The van der Waals surface area contributed by atoms with Gasteiger partial charge in [-0.15, -0.1) is 0 Å². The van der Waals surface area contributed by atoms with Crippen LogP contribution in [0.3, 0.4) is 0 Å². The van der Waals surface area contributed by atoms with Crippen molar-refractivity contribution in [3.8, 4) is 5.75 Å². The number of hydrogen-bond donors (Lipinski definition) is 1. The van der Waals surface area contributed by atoms with Crippen LogP contribution in [0.25, 0.3) is 10.2 Å². The second-order valence-corrected chi connectivity index (χ2v) is 7.47. The van der Waals surface area contributed by atoms with Gasteiger partial charge in [0.25, 0.3) is 5.91 Å². The van der Waals surface area contributed by atoms with Gasteiger partial charge in [-0.25, -0.2) is 9.37 Å². The van der Waals surface area contributed by atoms with Crippen LogP contribution < -0.4 is 14.5 Å². The summed E-state index contributed by atoms with van der Waals surface area (Å²) in [5.74, 6) is 0.0172. The smallest absolute Gasteiger partial charge is 0.260 e. The summed E-state index contributed by atoms with van der Waals surface area (Å²) in [6.45, 7) is 3.70. The summed E-state index contributed by atoms with van der Waals surface area (Å²) in [7, 11) is 4.05. The molecule has 0 saturated carbocycles. The van der Waals surface area contributed by atoms with Crippen LogP contribution in [0.1, 0.15) is 17.3 Å². The van der Waals surface area contributed by atoms with Gasteiger partial charge in [-0.3, -0.25) is 9.69 Å². The Bertz CT molecular complexity index is 942. The molecule has 1 N–H and O–H groups in total. The van der Waals surface area contributed by atoms with E-state index in [0.717, 1.165) is 16.8 Å². The average molecular weight is 388 g/mol. The molecule has 0 aliphatic carbocycles. The zero-order chi connectivity index (χ0) is 19.4. The molecule has 0 saturated heterocycles. The number of anilines is 1.